The van der Waals surface area contributed by atoms with Crippen molar-refractivity contribution < 1.29 is 18.3 Å². The summed E-state index contributed by atoms with van der Waals surface area (Å²) in [5, 5.41) is 8.98. The van der Waals surface area contributed by atoms with Gasteiger partial charge in [0.15, 0.2) is 0 Å². The predicted octanol–water partition coefficient (Wildman–Crippen LogP) is 1.45. The molecular formula is C11H15NO4S2. The maximum Gasteiger partial charge on any atom is 0.310 e. The van der Waals surface area contributed by atoms with Gasteiger partial charge in [0.05, 0.1) is 5.41 Å². The Morgan fingerprint density at radius 1 is 1.50 bits per heavy atom. The van der Waals surface area contributed by atoms with Crippen molar-refractivity contribution >= 4 is 27.3 Å². The van der Waals surface area contributed by atoms with Crippen LogP contribution in [0.5, 0.6) is 0 Å². The monoisotopic (exact) mass is 289 g/mol. The molecule has 0 aliphatic heterocycles. The average Bonchev–Trinajstić information content (AvgIpc) is 2.96. The van der Waals surface area contributed by atoms with E-state index in [9.17, 15) is 13.2 Å². The summed E-state index contributed by atoms with van der Waals surface area (Å²) in [5.41, 5.74) is -0.877. The number of nitrogens with one attached hydrogen (secondary N) is 1. The maximum absolute atomic E-state index is 12.0. The summed E-state index contributed by atoms with van der Waals surface area (Å²) in [6.45, 7) is 1.93. The van der Waals surface area contributed by atoms with Crippen LogP contribution < -0.4 is 4.72 Å². The second-order valence-electron chi connectivity index (χ2n) is 4.48. The zero-order valence-corrected chi connectivity index (χ0v) is 11.6. The highest BCUT2D eigenvalue weighted by atomic mass is 32.2. The van der Waals surface area contributed by atoms with E-state index in [1.807, 2.05) is 6.92 Å². The molecule has 0 saturated heterocycles. The van der Waals surface area contributed by atoms with E-state index in [4.69, 9.17) is 5.11 Å². The number of thiophene rings is 1. The number of aryl methyl sites for hydroxylation is 1. The van der Waals surface area contributed by atoms with Gasteiger partial charge in [-0.2, -0.15) is 0 Å². The molecule has 0 aromatic carbocycles. The number of sulfonamides is 1. The van der Waals surface area contributed by atoms with Gasteiger partial charge in [-0.3, -0.25) is 4.79 Å². The molecule has 18 heavy (non-hydrogen) atoms. The Hall–Kier alpha value is -0.920. The smallest absolute Gasteiger partial charge is 0.310 e. The summed E-state index contributed by atoms with van der Waals surface area (Å²) in [5.74, 6) is -0.925. The Labute approximate surface area is 110 Å². The fourth-order valence-corrected chi connectivity index (χ4v) is 4.08. The Morgan fingerprint density at radius 2 is 2.17 bits per heavy atom. The van der Waals surface area contributed by atoms with Gasteiger partial charge in [-0.1, -0.05) is 6.92 Å². The number of rotatable bonds is 6. The van der Waals surface area contributed by atoms with Gasteiger partial charge in [0.2, 0.25) is 10.0 Å². The molecule has 0 spiro atoms. The molecule has 1 aromatic heterocycles. The summed E-state index contributed by atoms with van der Waals surface area (Å²) in [6.07, 6.45) is 1.87. The van der Waals surface area contributed by atoms with E-state index in [0.29, 0.717) is 12.8 Å². The van der Waals surface area contributed by atoms with Crippen molar-refractivity contribution in [3.8, 4) is 0 Å². The first-order chi connectivity index (χ1) is 8.39. The molecule has 0 amide bonds. The zero-order valence-electron chi connectivity index (χ0n) is 9.97. The quantitative estimate of drug-likeness (QED) is 0.830. The van der Waals surface area contributed by atoms with Crippen LogP contribution in [0.25, 0.3) is 0 Å². The summed E-state index contributed by atoms with van der Waals surface area (Å²) in [7, 11) is -3.57. The van der Waals surface area contributed by atoms with Crippen LogP contribution >= 0.6 is 11.3 Å². The number of carboxylic acids is 1. The standard InChI is InChI=1S/C11H15NO4S2/c1-2-8-3-4-9(17-8)18(15,16)12-7-11(5-6-11)10(13)14/h3-4,12H,2,5-7H2,1H3,(H,13,14). The van der Waals surface area contributed by atoms with Gasteiger partial charge < -0.3 is 5.11 Å². The molecule has 7 heteroatoms. The zero-order chi connectivity index (χ0) is 13.4. The number of carboxylic acid groups (broad SMARTS) is 1. The largest absolute Gasteiger partial charge is 0.481 e. The fraction of sp³-hybridized carbons (Fsp3) is 0.545. The summed E-state index contributed by atoms with van der Waals surface area (Å²) >= 11 is 1.22. The Balaban J connectivity index is 2.06. The minimum atomic E-state index is -3.57. The first-order valence-corrected chi connectivity index (χ1v) is 8.01. The third kappa shape index (κ3) is 2.57. The second kappa shape index (κ2) is 4.64. The third-order valence-corrected chi connectivity index (χ3v) is 6.28. The minimum absolute atomic E-state index is 0.0238. The topological polar surface area (TPSA) is 83.5 Å². The van der Waals surface area contributed by atoms with E-state index in [1.54, 1.807) is 12.1 Å². The number of hydrogen-bond acceptors (Lipinski definition) is 4. The van der Waals surface area contributed by atoms with E-state index in [1.165, 1.54) is 11.3 Å². The van der Waals surface area contributed by atoms with Crippen LogP contribution in [0.1, 0.15) is 24.6 Å². The van der Waals surface area contributed by atoms with Crippen molar-refractivity contribution in [2.45, 2.75) is 30.4 Å². The SMILES string of the molecule is CCc1ccc(S(=O)(=O)NCC2(C(=O)O)CC2)s1. The molecule has 0 unspecified atom stereocenters. The van der Waals surface area contributed by atoms with Crippen LogP contribution in [0, 0.1) is 5.41 Å². The molecule has 1 aliphatic carbocycles. The van der Waals surface area contributed by atoms with Gasteiger partial charge in [0.25, 0.3) is 0 Å². The first kappa shape index (κ1) is 13.5. The molecule has 0 radical (unpaired) electrons. The molecule has 1 aliphatic rings. The molecule has 1 aromatic rings. The lowest BCUT2D eigenvalue weighted by atomic mass is 10.1. The minimum Gasteiger partial charge on any atom is -0.481 e. The Bertz CT molecular complexity index is 557. The van der Waals surface area contributed by atoms with Gasteiger partial charge in [-0.25, -0.2) is 13.1 Å². The normalized spacial score (nSPS) is 17.6. The number of carbonyl (C=O) groups is 1. The van der Waals surface area contributed by atoms with Gasteiger partial charge in [0.1, 0.15) is 4.21 Å². The Morgan fingerprint density at radius 3 is 2.61 bits per heavy atom. The molecule has 1 saturated carbocycles. The van der Waals surface area contributed by atoms with E-state index >= 15 is 0 Å². The molecule has 100 valence electrons. The predicted molar refractivity (Wildman–Crippen MR) is 68.2 cm³/mol. The van der Waals surface area contributed by atoms with E-state index in [0.717, 1.165) is 11.3 Å². The van der Waals surface area contributed by atoms with Crippen molar-refractivity contribution in [2.75, 3.05) is 6.54 Å². The van der Waals surface area contributed by atoms with Gasteiger partial charge >= 0.3 is 5.97 Å². The van der Waals surface area contributed by atoms with Crippen LogP contribution in [0.2, 0.25) is 0 Å². The third-order valence-electron chi connectivity index (χ3n) is 3.16. The van der Waals surface area contributed by atoms with Crippen molar-refractivity contribution in [1.29, 1.82) is 0 Å². The first-order valence-electron chi connectivity index (χ1n) is 5.71. The maximum atomic E-state index is 12.0. The van der Waals surface area contributed by atoms with E-state index < -0.39 is 21.4 Å². The number of hydrogen-bond donors (Lipinski definition) is 2. The van der Waals surface area contributed by atoms with Crippen LogP contribution in [-0.2, 0) is 21.2 Å². The van der Waals surface area contributed by atoms with Crippen LogP contribution in [0.15, 0.2) is 16.3 Å². The highest BCUT2D eigenvalue weighted by molar-refractivity contribution is 7.91. The van der Waals surface area contributed by atoms with E-state index in [2.05, 4.69) is 4.72 Å². The number of aliphatic carboxylic acids is 1. The molecular weight excluding hydrogens is 274 g/mol. The molecule has 5 nitrogen and oxygen atoms in total. The summed E-state index contributed by atoms with van der Waals surface area (Å²) < 4.78 is 26.6. The van der Waals surface area contributed by atoms with Crippen molar-refractivity contribution in [3.05, 3.63) is 17.0 Å². The van der Waals surface area contributed by atoms with Crippen molar-refractivity contribution in [1.82, 2.24) is 4.72 Å². The Kier molecular flexibility index (Phi) is 3.48. The van der Waals surface area contributed by atoms with Crippen LogP contribution in [-0.4, -0.2) is 26.0 Å². The molecule has 2 N–H and O–H groups in total. The molecule has 2 rings (SSSR count). The van der Waals surface area contributed by atoms with E-state index in [-0.39, 0.29) is 10.8 Å². The summed E-state index contributed by atoms with van der Waals surface area (Å²) in [6, 6.07) is 3.34. The molecule has 0 bridgehead atoms. The van der Waals surface area contributed by atoms with Gasteiger partial charge in [0, 0.05) is 11.4 Å². The van der Waals surface area contributed by atoms with Crippen molar-refractivity contribution in [3.63, 3.8) is 0 Å². The fourth-order valence-electron chi connectivity index (χ4n) is 1.61. The lowest BCUT2D eigenvalue weighted by Gasteiger charge is -2.10. The van der Waals surface area contributed by atoms with Gasteiger partial charge in [-0.15, -0.1) is 11.3 Å². The lowest BCUT2D eigenvalue weighted by Crippen LogP contribution is -2.33. The lowest BCUT2D eigenvalue weighted by molar-refractivity contribution is -0.143. The highest BCUT2D eigenvalue weighted by Gasteiger charge is 2.50. The molecule has 0 atom stereocenters. The van der Waals surface area contributed by atoms with Gasteiger partial charge in [-0.05, 0) is 31.4 Å². The van der Waals surface area contributed by atoms with Crippen molar-refractivity contribution in [2.24, 2.45) is 5.41 Å². The van der Waals surface area contributed by atoms with Crippen LogP contribution in [0.4, 0.5) is 0 Å². The molecule has 1 fully saturated rings. The molecule has 1 heterocycles. The van der Waals surface area contributed by atoms with Crippen LogP contribution in [0.3, 0.4) is 0 Å². The second-order valence-corrected chi connectivity index (χ2v) is 7.65. The highest BCUT2D eigenvalue weighted by Crippen LogP contribution is 2.45. The average molecular weight is 289 g/mol. The summed E-state index contributed by atoms with van der Waals surface area (Å²) in [4.78, 5) is 12.0.